The molecule has 36 heavy (non-hydrogen) atoms. The molecule has 1 saturated carbocycles. The van der Waals surface area contributed by atoms with Crippen LogP contribution >= 0.6 is 0 Å². The van der Waals surface area contributed by atoms with Crippen LogP contribution in [0.4, 0.5) is 5.69 Å². The number of para-hydroxylation sites is 1. The van der Waals surface area contributed by atoms with Gasteiger partial charge in [-0.2, -0.15) is 0 Å². The van der Waals surface area contributed by atoms with Crippen LogP contribution in [0, 0.1) is 11.8 Å². The zero-order valence-corrected chi connectivity index (χ0v) is 20.8. The standard InChI is InChI=1S/C28H35N3O5/c1-27-14-15-28(36-27)22(21(27)24(32)29-18-9-4-2-5-10-18)26(34)31(17-20-13-8-16-35-20)23(28)25(33)30-19-11-6-3-7-12-19/h2,4-5,9-10,14-15,19-23H,3,6-8,11-13,16-17H2,1H3,(H,29,32)(H,30,33)/t20-,21+,22-,23+,27+,28-/m0/s1. The number of rotatable bonds is 6. The molecule has 1 aromatic rings. The third-order valence-electron chi connectivity index (χ3n) is 8.74. The van der Waals surface area contributed by atoms with E-state index in [9.17, 15) is 14.4 Å². The van der Waals surface area contributed by atoms with Crippen LogP contribution in [0.3, 0.4) is 0 Å². The number of carbonyl (C=O) groups excluding carboxylic acids is 3. The van der Waals surface area contributed by atoms with Crippen molar-refractivity contribution in [2.45, 2.75) is 81.3 Å². The van der Waals surface area contributed by atoms with Crippen LogP contribution in [0.2, 0.25) is 0 Å². The van der Waals surface area contributed by atoms with E-state index in [1.165, 1.54) is 6.42 Å². The summed E-state index contributed by atoms with van der Waals surface area (Å²) < 4.78 is 12.4. The highest BCUT2D eigenvalue weighted by Crippen LogP contribution is 2.60. The molecule has 192 valence electrons. The summed E-state index contributed by atoms with van der Waals surface area (Å²) in [5.74, 6) is -2.16. The van der Waals surface area contributed by atoms with Gasteiger partial charge in [-0.15, -0.1) is 0 Å². The van der Waals surface area contributed by atoms with Gasteiger partial charge >= 0.3 is 0 Å². The molecule has 0 radical (unpaired) electrons. The highest BCUT2D eigenvalue weighted by Gasteiger charge is 2.76. The minimum Gasteiger partial charge on any atom is -0.376 e. The maximum Gasteiger partial charge on any atom is 0.246 e. The van der Waals surface area contributed by atoms with E-state index in [2.05, 4.69) is 10.6 Å². The summed E-state index contributed by atoms with van der Waals surface area (Å²) in [7, 11) is 0. The van der Waals surface area contributed by atoms with Crippen molar-refractivity contribution in [2.75, 3.05) is 18.5 Å². The van der Waals surface area contributed by atoms with Crippen LogP contribution in [0.15, 0.2) is 42.5 Å². The van der Waals surface area contributed by atoms with Crippen molar-refractivity contribution in [3.8, 4) is 0 Å². The number of carbonyl (C=O) groups is 3. The Kier molecular flexibility index (Phi) is 5.91. The van der Waals surface area contributed by atoms with Gasteiger partial charge in [0.15, 0.2) is 0 Å². The molecule has 0 unspecified atom stereocenters. The van der Waals surface area contributed by atoms with E-state index in [0.717, 1.165) is 38.5 Å². The van der Waals surface area contributed by atoms with E-state index in [1.807, 2.05) is 49.4 Å². The zero-order chi connectivity index (χ0) is 24.9. The fourth-order valence-electron chi connectivity index (χ4n) is 7.10. The lowest BCUT2D eigenvalue weighted by atomic mass is 9.70. The predicted octanol–water partition coefficient (Wildman–Crippen LogP) is 2.79. The molecule has 1 spiro atoms. The number of hydrogen-bond donors (Lipinski definition) is 2. The van der Waals surface area contributed by atoms with E-state index in [-0.39, 0.29) is 29.9 Å². The van der Waals surface area contributed by atoms with Crippen LogP contribution < -0.4 is 10.6 Å². The van der Waals surface area contributed by atoms with Gasteiger partial charge in [0.05, 0.1) is 23.5 Å². The first-order valence-corrected chi connectivity index (χ1v) is 13.4. The van der Waals surface area contributed by atoms with Crippen molar-refractivity contribution >= 4 is 23.4 Å². The van der Waals surface area contributed by atoms with E-state index >= 15 is 0 Å². The topological polar surface area (TPSA) is 97.0 Å². The van der Waals surface area contributed by atoms with Gasteiger partial charge in [0, 0.05) is 24.9 Å². The van der Waals surface area contributed by atoms with Gasteiger partial charge in [-0.25, -0.2) is 0 Å². The minimum atomic E-state index is -1.16. The average molecular weight is 494 g/mol. The van der Waals surface area contributed by atoms with Crippen molar-refractivity contribution in [3.05, 3.63) is 42.5 Å². The van der Waals surface area contributed by atoms with Crippen molar-refractivity contribution in [3.63, 3.8) is 0 Å². The molecule has 6 atom stereocenters. The molecular weight excluding hydrogens is 458 g/mol. The molecule has 4 aliphatic heterocycles. The molecule has 2 N–H and O–H groups in total. The molecule has 0 aromatic heterocycles. The van der Waals surface area contributed by atoms with Gasteiger partial charge in [-0.1, -0.05) is 49.6 Å². The second kappa shape index (κ2) is 8.99. The summed E-state index contributed by atoms with van der Waals surface area (Å²) in [5.41, 5.74) is -1.46. The highest BCUT2D eigenvalue weighted by atomic mass is 16.5. The first-order valence-electron chi connectivity index (χ1n) is 13.4. The Labute approximate surface area is 211 Å². The minimum absolute atomic E-state index is 0.108. The van der Waals surface area contributed by atoms with Crippen LogP contribution in [0.25, 0.3) is 0 Å². The molecule has 2 bridgehead atoms. The maximum absolute atomic E-state index is 14.1. The lowest BCUT2D eigenvalue weighted by Gasteiger charge is -2.35. The summed E-state index contributed by atoms with van der Waals surface area (Å²) in [6, 6.07) is 8.51. The monoisotopic (exact) mass is 493 g/mol. The van der Waals surface area contributed by atoms with Crippen molar-refractivity contribution in [1.29, 1.82) is 0 Å². The lowest BCUT2D eigenvalue weighted by Crippen LogP contribution is -2.57. The summed E-state index contributed by atoms with van der Waals surface area (Å²) in [5, 5.41) is 6.21. The Hall–Kier alpha value is -2.71. The van der Waals surface area contributed by atoms with Crippen LogP contribution in [-0.4, -0.2) is 65.2 Å². The molecule has 4 fully saturated rings. The smallest absolute Gasteiger partial charge is 0.246 e. The van der Waals surface area contributed by atoms with Gasteiger partial charge < -0.3 is 25.0 Å². The SMILES string of the molecule is C[C@]12C=C[C@]3(O1)[C@H](C(=O)N(C[C@@H]1CCCO1)[C@@H]3C(=O)NC1CCCCC1)[C@@H]2C(=O)Nc1ccccc1. The second-order valence-electron chi connectivity index (χ2n) is 11.2. The number of anilines is 1. The molecule has 6 rings (SSSR count). The summed E-state index contributed by atoms with van der Waals surface area (Å²) >= 11 is 0. The Morgan fingerprint density at radius 2 is 1.81 bits per heavy atom. The van der Waals surface area contributed by atoms with Gasteiger partial charge in [0.1, 0.15) is 11.6 Å². The molecule has 5 aliphatic rings. The molecule has 1 aromatic carbocycles. The number of ether oxygens (including phenoxy) is 2. The van der Waals surface area contributed by atoms with E-state index in [4.69, 9.17) is 9.47 Å². The molecule has 4 heterocycles. The van der Waals surface area contributed by atoms with Gasteiger partial charge in [0.2, 0.25) is 17.7 Å². The fraction of sp³-hybridized carbons (Fsp3) is 0.607. The number of amides is 3. The number of fused-ring (bicyclic) bond motifs is 1. The first kappa shape index (κ1) is 23.7. The molecular formula is C28H35N3O5. The van der Waals surface area contributed by atoms with Crippen molar-refractivity contribution in [2.24, 2.45) is 11.8 Å². The second-order valence-corrected chi connectivity index (χ2v) is 11.2. The normalized spacial score (nSPS) is 37.4. The van der Waals surface area contributed by atoms with Crippen molar-refractivity contribution < 1.29 is 23.9 Å². The summed E-state index contributed by atoms with van der Waals surface area (Å²) in [6.07, 6.45) is 10.7. The first-order chi connectivity index (χ1) is 17.4. The largest absolute Gasteiger partial charge is 0.376 e. The average Bonchev–Trinajstić information content (AvgIpc) is 3.61. The lowest BCUT2D eigenvalue weighted by molar-refractivity contribution is -0.145. The highest BCUT2D eigenvalue weighted by molar-refractivity contribution is 6.03. The number of benzene rings is 1. The molecule has 8 heteroatoms. The Morgan fingerprint density at radius 1 is 1.03 bits per heavy atom. The molecule has 8 nitrogen and oxygen atoms in total. The van der Waals surface area contributed by atoms with Crippen LogP contribution in [-0.2, 0) is 23.9 Å². The third-order valence-corrected chi connectivity index (χ3v) is 8.74. The predicted molar refractivity (Wildman–Crippen MR) is 133 cm³/mol. The Morgan fingerprint density at radius 3 is 2.53 bits per heavy atom. The molecule has 3 amide bonds. The Bertz CT molecular complexity index is 1060. The Balaban J connectivity index is 1.33. The van der Waals surface area contributed by atoms with Crippen molar-refractivity contribution in [1.82, 2.24) is 10.2 Å². The summed E-state index contributed by atoms with van der Waals surface area (Å²) in [6.45, 7) is 2.84. The molecule has 1 aliphatic carbocycles. The van der Waals surface area contributed by atoms with Crippen LogP contribution in [0.5, 0.6) is 0 Å². The van der Waals surface area contributed by atoms with E-state index in [1.54, 1.807) is 4.90 Å². The number of nitrogens with one attached hydrogen (secondary N) is 2. The van der Waals surface area contributed by atoms with Gasteiger partial charge in [-0.3, -0.25) is 14.4 Å². The fourth-order valence-corrected chi connectivity index (χ4v) is 7.10. The number of hydrogen-bond acceptors (Lipinski definition) is 5. The maximum atomic E-state index is 14.1. The zero-order valence-electron chi connectivity index (χ0n) is 20.8. The quantitative estimate of drug-likeness (QED) is 0.594. The summed E-state index contributed by atoms with van der Waals surface area (Å²) in [4.78, 5) is 43.2. The van der Waals surface area contributed by atoms with E-state index in [0.29, 0.717) is 18.8 Å². The van der Waals surface area contributed by atoms with E-state index < -0.39 is 29.1 Å². The van der Waals surface area contributed by atoms with Crippen LogP contribution in [0.1, 0.15) is 51.9 Å². The number of likely N-dealkylation sites (tertiary alicyclic amines) is 1. The number of nitrogens with zero attached hydrogens (tertiary/aromatic N) is 1. The third kappa shape index (κ3) is 3.77. The molecule has 3 saturated heterocycles. The van der Waals surface area contributed by atoms with Gasteiger partial charge in [-0.05, 0) is 44.7 Å². The van der Waals surface area contributed by atoms with Gasteiger partial charge in [0.25, 0.3) is 0 Å².